The van der Waals surface area contributed by atoms with Crippen LogP contribution in [0.3, 0.4) is 0 Å². The van der Waals surface area contributed by atoms with Gasteiger partial charge in [-0.2, -0.15) is 0 Å². The summed E-state index contributed by atoms with van der Waals surface area (Å²) in [5, 5.41) is 5.95. The predicted molar refractivity (Wildman–Crippen MR) is 132 cm³/mol. The lowest BCUT2D eigenvalue weighted by molar-refractivity contribution is -0.109. The Morgan fingerprint density at radius 1 is 1.21 bits per heavy atom. The molecule has 6 heteroatoms. The van der Waals surface area contributed by atoms with E-state index in [1.54, 1.807) is 7.11 Å². The molecule has 178 valence electrons. The quantitative estimate of drug-likeness (QED) is 0.478. The number of hydrogen-bond acceptors (Lipinski definition) is 3. The maximum atomic E-state index is 13.0. The maximum absolute atomic E-state index is 13.0. The summed E-state index contributed by atoms with van der Waals surface area (Å²) in [5.74, 6) is 1.34. The van der Waals surface area contributed by atoms with E-state index in [1.165, 1.54) is 18.4 Å². The monoisotopic (exact) mass is 451 g/mol. The molecule has 0 aromatic heterocycles. The number of hydrogen-bond donors (Lipinski definition) is 2. The molecule has 0 saturated carbocycles. The van der Waals surface area contributed by atoms with E-state index < -0.39 is 0 Å². The van der Waals surface area contributed by atoms with Crippen molar-refractivity contribution in [3.63, 3.8) is 0 Å². The lowest BCUT2D eigenvalue weighted by Gasteiger charge is -2.32. The van der Waals surface area contributed by atoms with E-state index in [0.29, 0.717) is 25.6 Å². The van der Waals surface area contributed by atoms with Gasteiger partial charge >= 0.3 is 6.03 Å². The SMILES string of the molecule is CCCCC(CC)CNC(=O)N1CCc2c(-c3cccc(OC)c3)ccc(CNC=O)c2C1. The number of methoxy groups -OCH3 is 1. The summed E-state index contributed by atoms with van der Waals surface area (Å²) in [6.45, 7) is 6.78. The molecule has 0 bridgehead atoms. The molecule has 2 aromatic rings. The number of urea groups is 1. The fourth-order valence-corrected chi connectivity index (χ4v) is 4.58. The normalized spacial score (nSPS) is 13.7. The molecule has 1 atom stereocenters. The van der Waals surface area contributed by atoms with Crippen LogP contribution in [0.2, 0.25) is 0 Å². The molecule has 2 N–H and O–H groups in total. The molecule has 1 heterocycles. The number of benzene rings is 2. The third-order valence-electron chi connectivity index (χ3n) is 6.64. The van der Waals surface area contributed by atoms with Gasteiger partial charge in [-0.3, -0.25) is 4.79 Å². The van der Waals surface area contributed by atoms with Gasteiger partial charge in [0.25, 0.3) is 0 Å². The smallest absolute Gasteiger partial charge is 0.317 e. The van der Waals surface area contributed by atoms with Crippen LogP contribution in [0.1, 0.15) is 56.2 Å². The lowest BCUT2D eigenvalue weighted by atomic mass is 9.87. The number of amides is 3. The van der Waals surface area contributed by atoms with Gasteiger partial charge < -0.3 is 20.3 Å². The van der Waals surface area contributed by atoms with Crippen LogP contribution in [-0.2, 0) is 24.3 Å². The standard InChI is InChI=1S/C27H37N3O3/c1-4-6-8-20(5-2)16-29-27(32)30-14-13-25-24(21-9-7-10-23(15-21)33-3)12-11-22(17-28-19-31)26(25)18-30/h7,9-12,15,19-20H,4-6,8,13-14,16-18H2,1-3H3,(H,28,31)(H,29,32). The van der Waals surface area contributed by atoms with E-state index in [1.807, 2.05) is 23.1 Å². The summed E-state index contributed by atoms with van der Waals surface area (Å²) in [6, 6.07) is 12.2. The minimum atomic E-state index is -0.00308. The molecular weight excluding hydrogens is 414 g/mol. The third kappa shape index (κ3) is 6.28. The first kappa shape index (κ1) is 24.6. The van der Waals surface area contributed by atoms with Gasteiger partial charge in [0, 0.05) is 26.2 Å². The van der Waals surface area contributed by atoms with Crippen molar-refractivity contribution in [3.8, 4) is 16.9 Å². The molecule has 0 aliphatic carbocycles. The van der Waals surface area contributed by atoms with Crippen LogP contribution < -0.4 is 15.4 Å². The number of rotatable bonds is 11. The third-order valence-corrected chi connectivity index (χ3v) is 6.64. The summed E-state index contributed by atoms with van der Waals surface area (Å²) in [5.41, 5.74) is 5.68. The minimum Gasteiger partial charge on any atom is -0.497 e. The highest BCUT2D eigenvalue weighted by atomic mass is 16.5. The second-order valence-corrected chi connectivity index (χ2v) is 8.73. The molecule has 6 nitrogen and oxygen atoms in total. The van der Waals surface area contributed by atoms with Gasteiger partial charge in [0.05, 0.1) is 7.11 Å². The highest BCUT2D eigenvalue weighted by Gasteiger charge is 2.25. The van der Waals surface area contributed by atoms with Crippen LogP contribution in [0.5, 0.6) is 5.75 Å². The van der Waals surface area contributed by atoms with Crippen LogP contribution in [0.25, 0.3) is 11.1 Å². The largest absolute Gasteiger partial charge is 0.497 e. The van der Waals surface area contributed by atoms with Crippen LogP contribution >= 0.6 is 0 Å². The Bertz CT molecular complexity index is 944. The summed E-state index contributed by atoms with van der Waals surface area (Å²) < 4.78 is 5.42. The second kappa shape index (κ2) is 12.3. The Kier molecular flexibility index (Phi) is 9.16. The average Bonchev–Trinajstić information content (AvgIpc) is 2.86. The fourth-order valence-electron chi connectivity index (χ4n) is 4.58. The number of carbonyl (C=O) groups excluding carboxylic acids is 2. The topological polar surface area (TPSA) is 70.7 Å². The van der Waals surface area contributed by atoms with Crippen molar-refractivity contribution in [1.82, 2.24) is 15.5 Å². The van der Waals surface area contributed by atoms with Gasteiger partial charge in [-0.15, -0.1) is 0 Å². The first-order valence-electron chi connectivity index (χ1n) is 12.1. The molecule has 0 spiro atoms. The molecule has 0 fully saturated rings. The zero-order valence-electron chi connectivity index (χ0n) is 20.2. The van der Waals surface area contributed by atoms with Crippen LogP contribution in [-0.4, -0.2) is 37.5 Å². The molecular formula is C27H37N3O3. The summed E-state index contributed by atoms with van der Waals surface area (Å²) >= 11 is 0. The number of nitrogens with one attached hydrogen (secondary N) is 2. The molecule has 3 rings (SSSR count). The van der Waals surface area contributed by atoms with Crippen molar-refractivity contribution in [2.24, 2.45) is 5.92 Å². The van der Waals surface area contributed by atoms with E-state index in [0.717, 1.165) is 60.2 Å². The Morgan fingerprint density at radius 3 is 2.79 bits per heavy atom. The van der Waals surface area contributed by atoms with Gasteiger partial charge in [-0.1, -0.05) is 57.4 Å². The number of fused-ring (bicyclic) bond motifs is 1. The predicted octanol–water partition coefficient (Wildman–Crippen LogP) is 4.89. The zero-order chi connectivity index (χ0) is 23.6. The number of ether oxygens (including phenoxy) is 1. The number of nitrogens with zero attached hydrogens (tertiary/aromatic N) is 1. The number of carbonyl (C=O) groups is 2. The van der Waals surface area contributed by atoms with Gasteiger partial charge in [-0.25, -0.2) is 4.79 Å². The molecule has 1 aliphatic rings. The molecule has 1 unspecified atom stereocenters. The van der Waals surface area contributed by atoms with Crippen LogP contribution in [0.15, 0.2) is 36.4 Å². The van der Waals surface area contributed by atoms with Crippen molar-refractivity contribution >= 4 is 12.4 Å². The number of unbranched alkanes of at least 4 members (excludes halogenated alkanes) is 1. The lowest BCUT2D eigenvalue weighted by Crippen LogP contribution is -2.44. The molecule has 33 heavy (non-hydrogen) atoms. The zero-order valence-corrected chi connectivity index (χ0v) is 20.2. The van der Waals surface area contributed by atoms with E-state index in [4.69, 9.17) is 4.74 Å². The maximum Gasteiger partial charge on any atom is 0.317 e. The molecule has 0 saturated heterocycles. The van der Waals surface area contributed by atoms with Crippen molar-refractivity contribution < 1.29 is 14.3 Å². The van der Waals surface area contributed by atoms with E-state index in [2.05, 4.69) is 42.7 Å². The van der Waals surface area contributed by atoms with Crippen molar-refractivity contribution in [2.75, 3.05) is 20.2 Å². The van der Waals surface area contributed by atoms with E-state index >= 15 is 0 Å². The molecule has 3 amide bonds. The van der Waals surface area contributed by atoms with Gasteiger partial charge in [0.1, 0.15) is 5.75 Å². The summed E-state index contributed by atoms with van der Waals surface area (Å²) in [4.78, 5) is 25.8. The second-order valence-electron chi connectivity index (χ2n) is 8.73. The van der Waals surface area contributed by atoms with E-state index in [9.17, 15) is 9.59 Å². The molecule has 0 radical (unpaired) electrons. The van der Waals surface area contributed by atoms with Crippen LogP contribution in [0, 0.1) is 5.92 Å². The minimum absolute atomic E-state index is 0.00308. The Hall–Kier alpha value is -3.02. The average molecular weight is 452 g/mol. The summed E-state index contributed by atoms with van der Waals surface area (Å²) in [7, 11) is 1.67. The van der Waals surface area contributed by atoms with Crippen molar-refractivity contribution in [3.05, 3.63) is 53.1 Å². The van der Waals surface area contributed by atoms with Gasteiger partial charge in [-0.05, 0) is 58.7 Å². The highest BCUT2D eigenvalue weighted by molar-refractivity contribution is 5.76. The Balaban J connectivity index is 1.81. The fraction of sp³-hybridized carbons (Fsp3) is 0.481. The Labute approximate surface area is 197 Å². The van der Waals surface area contributed by atoms with Gasteiger partial charge in [0.2, 0.25) is 6.41 Å². The van der Waals surface area contributed by atoms with Gasteiger partial charge in [0.15, 0.2) is 0 Å². The molecule has 1 aliphatic heterocycles. The molecule has 2 aromatic carbocycles. The summed E-state index contributed by atoms with van der Waals surface area (Å²) in [6.07, 6.45) is 6.11. The van der Waals surface area contributed by atoms with Crippen molar-refractivity contribution in [2.45, 2.75) is 59.0 Å². The van der Waals surface area contributed by atoms with Crippen LogP contribution in [0.4, 0.5) is 4.79 Å². The first-order chi connectivity index (χ1) is 16.1. The first-order valence-corrected chi connectivity index (χ1v) is 12.1. The van der Waals surface area contributed by atoms with E-state index in [-0.39, 0.29) is 6.03 Å². The highest BCUT2D eigenvalue weighted by Crippen LogP contribution is 2.34. The Morgan fingerprint density at radius 2 is 2.06 bits per heavy atom. The van der Waals surface area contributed by atoms with Crippen molar-refractivity contribution in [1.29, 1.82) is 0 Å².